The molecule has 31 heavy (non-hydrogen) atoms. The number of benzene rings is 1. The summed E-state index contributed by atoms with van der Waals surface area (Å²) in [7, 11) is -2.36. The molecule has 2 rings (SSSR count). The van der Waals surface area contributed by atoms with Crippen LogP contribution in [0.2, 0.25) is 0 Å². The second-order valence-electron chi connectivity index (χ2n) is 8.57. The number of phenolic OH excluding ortho intramolecular Hbond substituents is 1. The van der Waals surface area contributed by atoms with Gasteiger partial charge in [-0.25, -0.2) is 0 Å². The number of aryl methyl sites for hydroxylation is 1. The molecule has 6 nitrogen and oxygen atoms in total. The third-order valence-corrected chi connectivity index (χ3v) is 6.92. The summed E-state index contributed by atoms with van der Waals surface area (Å²) in [5.74, 6) is -0.800. The average Bonchev–Trinajstić information content (AvgIpc) is 2.67. The van der Waals surface area contributed by atoms with Gasteiger partial charge in [-0.1, -0.05) is 43.6 Å². The highest BCUT2D eigenvalue weighted by Gasteiger charge is 2.35. The maximum atomic E-state index is 12.6. The van der Waals surface area contributed by atoms with Crippen molar-refractivity contribution in [2.75, 3.05) is 6.16 Å². The molecule has 7 heteroatoms. The lowest BCUT2D eigenvalue weighted by molar-refractivity contribution is -0.137. The van der Waals surface area contributed by atoms with Crippen molar-refractivity contribution in [2.24, 2.45) is 11.7 Å². The Morgan fingerprint density at radius 3 is 2.71 bits per heavy atom. The van der Waals surface area contributed by atoms with Gasteiger partial charge in [0, 0.05) is 11.5 Å². The molecule has 0 amide bonds. The fourth-order valence-corrected chi connectivity index (χ4v) is 5.02. The number of carboxylic acid groups (broad SMARTS) is 1. The number of hydrogen-bond donors (Lipinski definition) is 3. The van der Waals surface area contributed by atoms with E-state index in [9.17, 15) is 14.5 Å². The Bertz CT molecular complexity index is 864. The number of carboxylic acids is 1. The zero-order chi connectivity index (χ0) is 23.1. The summed E-state index contributed by atoms with van der Waals surface area (Å²) in [6.45, 7) is 10.3. The number of aliphatic carboxylic acids is 1. The van der Waals surface area contributed by atoms with Crippen LogP contribution >= 0.6 is 8.03 Å². The van der Waals surface area contributed by atoms with E-state index in [1.165, 1.54) is 5.57 Å². The van der Waals surface area contributed by atoms with E-state index in [1.807, 2.05) is 13.0 Å². The smallest absolute Gasteiger partial charge is 0.507 e. The first-order chi connectivity index (χ1) is 14.6. The van der Waals surface area contributed by atoms with Crippen LogP contribution in [0.1, 0.15) is 69.9 Å². The van der Waals surface area contributed by atoms with Crippen LogP contribution in [0.15, 0.2) is 35.9 Å². The Kier molecular flexibility index (Phi) is 9.27. The van der Waals surface area contributed by atoms with Gasteiger partial charge in [0.2, 0.25) is 6.16 Å². The SMILES string of the molecule is C=C(C)[C@@H]1CCC(C)=C[C@H]1c1c(O)cc(CCCCC)cc1O[P+](=O)C[C@H](N)C(=O)O. The van der Waals surface area contributed by atoms with E-state index in [0.717, 1.165) is 49.7 Å². The van der Waals surface area contributed by atoms with Crippen LogP contribution in [-0.2, 0) is 15.8 Å². The zero-order valence-electron chi connectivity index (χ0n) is 18.8. The third kappa shape index (κ3) is 6.91. The van der Waals surface area contributed by atoms with Crippen molar-refractivity contribution in [3.8, 4) is 11.5 Å². The van der Waals surface area contributed by atoms with Gasteiger partial charge in [0.1, 0.15) is 5.75 Å². The number of phenols is 1. The lowest BCUT2D eigenvalue weighted by Gasteiger charge is -2.31. The van der Waals surface area contributed by atoms with Crippen LogP contribution in [0.5, 0.6) is 11.5 Å². The first kappa shape index (κ1) is 25.1. The summed E-state index contributed by atoms with van der Waals surface area (Å²) in [4.78, 5) is 11.0. The van der Waals surface area contributed by atoms with Gasteiger partial charge >= 0.3 is 14.0 Å². The monoisotopic (exact) mass is 448 g/mol. The van der Waals surface area contributed by atoms with E-state index in [4.69, 9.17) is 15.4 Å². The molecule has 1 aliphatic carbocycles. The first-order valence-corrected chi connectivity index (χ1v) is 12.3. The zero-order valence-corrected chi connectivity index (χ0v) is 19.7. The highest BCUT2D eigenvalue weighted by atomic mass is 31.1. The van der Waals surface area contributed by atoms with Crippen molar-refractivity contribution in [1.82, 2.24) is 0 Å². The van der Waals surface area contributed by atoms with Crippen molar-refractivity contribution >= 4 is 14.0 Å². The molecular weight excluding hydrogens is 413 g/mol. The van der Waals surface area contributed by atoms with Gasteiger partial charge in [0.15, 0.2) is 11.8 Å². The molecule has 4 N–H and O–H groups in total. The maximum absolute atomic E-state index is 12.6. The molecule has 4 atom stereocenters. The molecule has 0 aliphatic heterocycles. The molecule has 1 unspecified atom stereocenters. The van der Waals surface area contributed by atoms with Crippen molar-refractivity contribution in [1.29, 1.82) is 0 Å². The fourth-order valence-electron chi connectivity index (χ4n) is 4.09. The molecule has 0 spiro atoms. The van der Waals surface area contributed by atoms with Crippen LogP contribution in [0.4, 0.5) is 0 Å². The fraction of sp³-hybridized carbons (Fsp3) is 0.542. The molecule has 0 heterocycles. The molecule has 0 radical (unpaired) electrons. The Morgan fingerprint density at radius 2 is 2.10 bits per heavy atom. The predicted molar refractivity (Wildman–Crippen MR) is 124 cm³/mol. The second-order valence-corrected chi connectivity index (χ2v) is 9.78. The Hall–Kier alpha value is -2.17. The lowest BCUT2D eigenvalue weighted by Crippen LogP contribution is -2.32. The number of aromatic hydroxyl groups is 1. The molecular formula is C24H35NO5P+. The Labute approximate surface area is 186 Å². The molecule has 1 aromatic carbocycles. The third-order valence-electron chi connectivity index (χ3n) is 5.83. The van der Waals surface area contributed by atoms with Crippen LogP contribution in [-0.4, -0.2) is 28.4 Å². The van der Waals surface area contributed by atoms with E-state index in [-0.39, 0.29) is 23.7 Å². The Morgan fingerprint density at radius 1 is 1.39 bits per heavy atom. The summed E-state index contributed by atoms with van der Waals surface area (Å²) < 4.78 is 18.4. The van der Waals surface area contributed by atoms with Gasteiger partial charge in [0.25, 0.3) is 0 Å². The van der Waals surface area contributed by atoms with Crippen LogP contribution in [0, 0.1) is 5.92 Å². The number of carbonyl (C=O) groups is 1. The van der Waals surface area contributed by atoms with Crippen molar-refractivity contribution in [3.05, 3.63) is 47.1 Å². The minimum absolute atomic E-state index is 0.108. The van der Waals surface area contributed by atoms with E-state index in [1.54, 1.807) is 6.07 Å². The number of rotatable bonds is 11. The topological polar surface area (TPSA) is 110 Å². The molecule has 170 valence electrons. The number of unbranched alkanes of at least 4 members (excludes halogenated alkanes) is 2. The van der Waals surface area contributed by atoms with E-state index >= 15 is 0 Å². The van der Waals surface area contributed by atoms with Gasteiger partial charge in [0.05, 0.1) is 0 Å². The van der Waals surface area contributed by atoms with Crippen molar-refractivity contribution in [2.45, 2.75) is 71.3 Å². The minimum Gasteiger partial charge on any atom is -0.507 e. The Balaban J connectivity index is 2.47. The molecule has 0 saturated heterocycles. The van der Waals surface area contributed by atoms with Gasteiger partial charge in [-0.15, -0.1) is 0 Å². The lowest BCUT2D eigenvalue weighted by atomic mass is 9.73. The van der Waals surface area contributed by atoms with E-state index in [2.05, 4.69) is 26.5 Å². The van der Waals surface area contributed by atoms with Crippen LogP contribution in [0.25, 0.3) is 0 Å². The summed E-state index contributed by atoms with van der Waals surface area (Å²) >= 11 is 0. The van der Waals surface area contributed by atoms with E-state index in [0.29, 0.717) is 11.3 Å². The summed E-state index contributed by atoms with van der Waals surface area (Å²) in [6, 6.07) is 2.33. The minimum atomic E-state index is -2.36. The highest BCUT2D eigenvalue weighted by molar-refractivity contribution is 7.39. The van der Waals surface area contributed by atoms with Gasteiger partial charge < -0.3 is 15.9 Å². The number of allylic oxidation sites excluding steroid dienone is 3. The molecule has 0 fully saturated rings. The van der Waals surface area contributed by atoms with E-state index < -0.39 is 20.0 Å². The quantitative estimate of drug-likeness (QED) is 0.228. The second kappa shape index (κ2) is 11.4. The van der Waals surface area contributed by atoms with Crippen LogP contribution < -0.4 is 10.3 Å². The summed E-state index contributed by atoms with van der Waals surface area (Å²) in [6.07, 6.45) is 7.60. The van der Waals surface area contributed by atoms with Crippen molar-refractivity contribution in [3.63, 3.8) is 0 Å². The predicted octanol–water partition coefficient (Wildman–Crippen LogP) is 5.67. The van der Waals surface area contributed by atoms with Crippen LogP contribution in [0.3, 0.4) is 0 Å². The average molecular weight is 449 g/mol. The first-order valence-electron chi connectivity index (χ1n) is 10.9. The molecule has 0 bridgehead atoms. The number of hydrogen-bond acceptors (Lipinski definition) is 5. The maximum Gasteiger partial charge on any atom is 0.558 e. The standard InChI is InChI=1S/C24H34NO5P/c1-5-6-7-8-17-12-21(26)23(19-11-16(4)9-10-18(19)15(2)3)22(13-17)30-31(29)14-20(25)24(27)28/h11-13,18-20H,2,5-10,14,25H2,1,3-4H3,(H-,26,27,28)/p+1/t18-,19+,20-/m0/s1. The molecule has 1 aromatic rings. The molecule has 0 aromatic heterocycles. The summed E-state index contributed by atoms with van der Waals surface area (Å²) in [5, 5.41) is 20.0. The molecule has 1 aliphatic rings. The largest absolute Gasteiger partial charge is 0.558 e. The van der Waals surface area contributed by atoms with Gasteiger partial charge in [-0.3, -0.25) is 9.32 Å². The highest BCUT2D eigenvalue weighted by Crippen LogP contribution is 2.48. The van der Waals surface area contributed by atoms with Gasteiger partial charge in [-0.05, 0) is 67.7 Å². The molecule has 0 saturated carbocycles. The number of nitrogens with two attached hydrogens (primary N) is 1. The normalized spacial score (nSPS) is 20.0. The van der Waals surface area contributed by atoms with Crippen molar-refractivity contribution < 1.29 is 24.1 Å². The van der Waals surface area contributed by atoms with Gasteiger partial charge in [-0.2, -0.15) is 0 Å². The summed E-state index contributed by atoms with van der Waals surface area (Å²) in [5.41, 5.74) is 9.26.